The fourth-order valence-corrected chi connectivity index (χ4v) is 2.55. The van der Waals surface area contributed by atoms with Crippen molar-refractivity contribution in [3.8, 4) is 5.69 Å². The highest BCUT2D eigenvalue weighted by Crippen LogP contribution is 2.15. The van der Waals surface area contributed by atoms with E-state index in [1.165, 1.54) is 23.1 Å². The second kappa shape index (κ2) is 7.73. The first-order valence-electron chi connectivity index (χ1n) is 8.42. The number of carbonyl (C=O) groups is 1. The van der Waals surface area contributed by atoms with Gasteiger partial charge in [-0.2, -0.15) is 10.2 Å². The zero-order valence-electron chi connectivity index (χ0n) is 14.7. The molecule has 0 saturated carbocycles. The van der Waals surface area contributed by atoms with Gasteiger partial charge in [-0.25, -0.2) is 14.3 Å². The van der Waals surface area contributed by atoms with Gasteiger partial charge in [0.25, 0.3) is 11.5 Å². The molecule has 0 aliphatic rings. The molecule has 0 fully saturated rings. The lowest BCUT2D eigenvalue weighted by Gasteiger charge is -2.15. The predicted octanol–water partition coefficient (Wildman–Crippen LogP) is 1.73. The first-order valence-corrected chi connectivity index (χ1v) is 8.42. The zero-order valence-corrected chi connectivity index (χ0v) is 14.7. The van der Waals surface area contributed by atoms with Crippen LogP contribution < -0.4 is 10.9 Å². The number of aromatic nitrogens is 5. The Morgan fingerprint density at radius 2 is 1.96 bits per heavy atom. The van der Waals surface area contributed by atoms with Crippen molar-refractivity contribution in [2.24, 2.45) is 0 Å². The highest BCUT2D eigenvalue weighted by Gasteiger charge is 2.14. The van der Waals surface area contributed by atoms with Crippen molar-refractivity contribution in [2.45, 2.75) is 32.9 Å². The number of nitrogens with one attached hydrogen (secondary N) is 1. The molecule has 134 valence electrons. The molecule has 1 aromatic carbocycles. The van der Waals surface area contributed by atoms with Gasteiger partial charge in [-0.3, -0.25) is 9.59 Å². The quantitative estimate of drug-likeness (QED) is 0.729. The molecule has 2 aromatic heterocycles. The van der Waals surface area contributed by atoms with Gasteiger partial charge in [0, 0.05) is 12.6 Å². The highest BCUT2D eigenvalue weighted by atomic mass is 16.2. The van der Waals surface area contributed by atoms with Gasteiger partial charge >= 0.3 is 0 Å². The minimum atomic E-state index is -0.317. The van der Waals surface area contributed by atoms with Gasteiger partial charge in [-0.15, -0.1) is 0 Å². The van der Waals surface area contributed by atoms with E-state index in [1.807, 2.05) is 38.1 Å². The van der Waals surface area contributed by atoms with Crippen molar-refractivity contribution in [3.05, 3.63) is 70.7 Å². The first kappa shape index (κ1) is 17.5. The molecule has 0 spiro atoms. The Morgan fingerprint density at radius 3 is 2.62 bits per heavy atom. The lowest BCUT2D eigenvalue weighted by Crippen LogP contribution is -2.31. The number of nitrogens with zero attached hydrogens (tertiary/aromatic N) is 5. The lowest BCUT2D eigenvalue weighted by atomic mass is 10.1. The summed E-state index contributed by atoms with van der Waals surface area (Å²) in [5.74, 6) is -0.317. The average Bonchev–Trinajstić information content (AvgIpc) is 3.18. The first-order chi connectivity index (χ1) is 12.6. The normalized spacial score (nSPS) is 11.9. The average molecular weight is 352 g/mol. The summed E-state index contributed by atoms with van der Waals surface area (Å²) in [6, 6.07) is 10.3. The second-order valence-corrected chi connectivity index (χ2v) is 5.91. The largest absolute Gasteiger partial charge is 0.344 e. The zero-order chi connectivity index (χ0) is 18.5. The van der Waals surface area contributed by atoms with Crippen LogP contribution in [0.4, 0.5) is 0 Å². The number of amides is 1. The van der Waals surface area contributed by atoms with E-state index in [9.17, 15) is 9.59 Å². The van der Waals surface area contributed by atoms with Crippen LogP contribution in [-0.2, 0) is 6.54 Å². The summed E-state index contributed by atoms with van der Waals surface area (Å²) in [5, 5.41) is 11.1. The fraction of sp³-hybridized carbons (Fsp3) is 0.278. The molecule has 1 atom stereocenters. The predicted molar refractivity (Wildman–Crippen MR) is 96.0 cm³/mol. The van der Waals surface area contributed by atoms with Crippen LogP contribution in [0.3, 0.4) is 0 Å². The van der Waals surface area contributed by atoms with Crippen LogP contribution in [0.15, 0.2) is 53.8 Å². The number of rotatable bonds is 6. The van der Waals surface area contributed by atoms with E-state index in [0.717, 1.165) is 17.7 Å². The number of aryl methyl sites for hydroxylation is 1. The smallest absolute Gasteiger partial charge is 0.272 e. The summed E-state index contributed by atoms with van der Waals surface area (Å²) >= 11 is 0. The van der Waals surface area contributed by atoms with Crippen LogP contribution in [0.1, 0.15) is 42.4 Å². The molecule has 3 rings (SSSR count). The Kier molecular flexibility index (Phi) is 5.21. The third kappa shape index (κ3) is 3.85. The van der Waals surface area contributed by atoms with Gasteiger partial charge < -0.3 is 5.32 Å². The molecule has 0 aliphatic carbocycles. The Balaban J connectivity index is 1.71. The van der Waals surface area contributed by atoms with Crippen LogP contribution in [0.5, 0.6) is 0 Å². The molecular weight excluding hydrogens is 332 g/mol. The molecule has 1 N–H and O–H groups in total. The maximum absolute atomic E-state index is 12.4. The van der Waals surface area contributed by atoms with E-state index in [1.54, 1.807) is 11.0 Å². The van der Waals surface area contributed by atoms with E-state index in [4.69, 9.17) is 0 Å². The number of hydrogen-bond donors (Lipinski definition) is 1. The number of carbonyl (C=O) groups excluding carboxylic acids is 1. The molecule has 0 radical (unpaired) electrons. The van der Waals surface area contributed by atoms with Crippen molar-refractivity contribution in [3.63, 3.8) is 0 Å². The molecule has 8 heteroatoms. The monoisotopic (exact) mass is 352 g/mol. The Hall–Kier alpha value is -3.29. The summed E-state index contributed by atoms with van der Waals surface area (Å²) in [6.07, 6.45) is 3.87. The summed E-state index contributed by atoms with van der Waals surface area (Å²) in [6.45, 7) is 4.33. The Labute approximate surface area is 150 Å². The third-order valence-electron chi connectivity index (χ3n) is 3.96. The molecule has 0 bridgehead atoms. The second-order valence-electron chi connectivity index (χ2n) is 5.91. The van der Waals surface area contributed by atoms with Crippen molar-refractivity contribution in [1.29, 1.82) is 0 Å². The van der Waals surface area contributed by atoms with Gasteiger partial charge in [0.1, 0.15) is 18.3 Å². The molecule has 0 saturated heterocycles. The summed E-state index contributed by atoms with van der Waals surface area (Å²) < 4.78 is 2.97. The molecule has 3 aromatic rings. The SMILES string of the molecule is CCCn1nc(C(=O)NC(C)c2ccc(-n3cncn3)cc2)ccc1=O. The van der Waals surface area contributed by atoms with Crippen LogP contribution in [0.25, 0.3) is 5.69 Å². The molecular formula is C18H20N6O2. The maximum Gasteiger partial charge on any atom is 0.272 e. The maximum atomic E-state index is 12.4. The van der Waals surface area contributed by atoms with Gasteiger partial charge in [0.2, 0.25) is 0 Å². The third-order valence-corrected chi connectivity index (χ3v) is 3.96. The molecule has 1 unspecified atom stereocenters. The topological polar surface area (TPSA) is 94.7 Å². The van der Waals surface area contributed by atoms with Gasteiger partial charge in [-0.05, 0) is 37.1 Å². The van der Waals surface area contributed by atoms with Crippen LogP contribution >= 0.6 is 0 Å². The standard InChI is InChI=1S/C18H20N6O2/c1-3-10-23-17(25)9-8-16(22-23)18(26)21-13(2)14-4-6-15(7-5-14)24-12-19-11-20-24/h4-9,11-13H,3,10H2,1-2H3,(H,21,26). The minimum absolute atomic E-state index is 0.208. The number of hydrogen-bond acceptors (Lipinski definition) is 5. The van der Waals surface area contributed by atoms with E-state index in [-0.39, 0.29) is 23.2 Å². The molecule has 2 heterocycles. The van der Waals surface area contributed by atoms with E-state index in [0.29, 0.717) is 6.54 Å². The van der Waals surface area contributed by atoms with Gasteiger partial charge in [0.15, 0.2) is 0 Å². The van der Waals surface area contributed by atoms with Gasteiger partial charge in [-0.1, -0.05) is 19.1 Å². The number of benzene rings is 1. The Morgan fingerprint density at radius 1 is 1.19 bits per heavy atom. The van der Waals surface area contributed by atoms with Crippen LogP contribution in [0.2, 0.25) is 0 Å². The molecule has 0 aliphatic heterocycles. The lowest BCUT2D eigenvalue weighted by molar-refractivity contribution is 0.0932. The van der Waals surface area contributed by atoms with Crippen LogP contribution in [-0.4, -0.2) is 30.5 Å². The fourth-order valence-electron chi connectivity index (χ4n) is 2.55. The van der Waals surface area contributed by atoms with Crippen molar-refractivity contribution < 1.29 is 4.79 Å². The van der Waals surface area contributed by atoms with Gasteiger partial charge in [0.05, 0.1) is 11.7 Å². The van der Waals surface area contributed by atoms with Crippen molar-refractivity contribution >= 4 is 5.91 Å². The van der Waals surface area contributed by atoms with E-state index in [2.05, 4.69) is 20.5 Å². The summed E-state index contributed by atoms with van der Waals surface area (Å²) in [7, 11) is 0. The van der Waals surface area contributed by atoms with E-state index >= 15 is 0 Å². The van der Waals surface area contributed by atoms with Crippen molar-refractivity contribution in [2.75, 3.05) is 0 Å². The molecule has 1 amide bonds. The highest BCUT2D eigenvalue weighted by molar-refractivity contribution is 5.92. The van der Waals surface area contributed by atoms with Crippen molar-refractivity contribution in [1.82, 2.24) is 29.9 Å². The summed E-state index contributed by atoms with van der Waals surface area (Å²) in [5.41, 5.74) is 1.85. The molecule has 8 nitrogen and oxygen atoms in total. The Bertz CT molecular complexity index is 931. The van der Waals surface area contributed by atoms with Crippen LogP contribution in [0, 0.1) is 0 Å². The summed E-state index contributed by atoms with van der Waals surface area (Å²) in [4.78, 5) is 28.1. The van der Waals surface area contributed by atoms with E-state index < -0.39 is 0 Å². The molecule has 26 heavy (non-hydrogen) atoms. The minimum Gasteiger partial charge on any atom is -0.344 e.